The summed E-state index contributed by atoms with van der Waals surface area (Å²) in [6, 6.07) is 0. The predicted molar refractivity (Wildman–Crippen MR) is 69.1 cm³/mol. The molecule has 6 heteroatoms. The first kappa shape index (κ1) is 14.3. The SMILES string of the molecule is CCOC1(C(O)c2c(OC)cnn2C)CCOCC1. The van der Waals surface area contributed by atoms with E-state index in [1.807, 2.05) is 6.92 Å². The minimum atomic E-state index is -0.779. The van der Waals surface area contributed by atoms with Crippen LogP contribution in [0.2, 0.25) is 0 Å². The average molecular weight is 270 g/mol. The van der Waals surface area contributed by atoms with Gasteiger partial charge in [0.05, 0.1) is 13.3 Å². The Bertz CT molecular complexity index is 407. The number of hydrogen-bond donors (Lipinski definition) is 1. The minimum absolute atomic E-state index is 0.553. The second kappa shape index (κ2) is 5.90. The van der Waals surface area contributed by atoms with Gasteiger partial charge in [0.2, 0.25) is 0 Å². The van der Waals surface area contributed by atoms with Crippen molar-refractivity contribution in [3.63, 3.8) is 0 Å². The minimum Gasteiger partial charge on any atom is -0.493 e. The van der Waals surface area contributed by atoms with Crippen LogP contribution in [0.5, 0.6) is 5.75 Å². The van der Waals surface area contributed by atoms with Gasteiger partial charge < -0.3 is 19.3 Å². The molecular formula is C13H22N2O4. The molecule has 0 radical (unpaired) electrons. The fraction of sp³-hybridized carbons (Fsp3) is 0.769. The molecule has 2 heterocycles. The van der Waals surface area contributed by atoms with Gasteiger partial charge in [0.1, 0.15) is 17.4 Å². The molecule has 0 amide bonds. The zero-order chi connectivity index (χ0) is 13.9. The molecule has 1 aromatic heterocycles. The molecule has 1 fully saturated rings. The lowest BCUT2D eigenvalue weighted by Gasteiger charge is -2.40. The number of nitrogens with zero attached hydrogens (tertiary/aromatic N) is 2. The summed E-state index contributed by atoms with van der Waals surface area (Å²) in [5, 5.41) is 14.9. The predicted octanol–water partition coefficient (Wildman–Crippen LogP) is 1.05. The number of aliphatic hydroxyl groups excluding tert-OH is 1. The maximum Gasteiger partial charge on any atom is 0.162 e. The molecule has 1 atom stereocenters. The Labute approximate surface area is 113 Å². The van der Waals surface area contributed by atoms with Gasteiger partial charge in [0.25, 0.3) is 0 Å². The molecule has 0 aliphatic carbocycles. The fourth-order valence-electron chi connectivity index (χ4n) is 2.65. The van der Waals surface area contributed by atoms with Crippen LogP contribution in [-0.4, -0.2) is 47.4 Å². The number of hydrogen-bond acceptors (Lipinski definition) is 5. The number of methoxy groups -OCH3 is 1. The number of aliphatic hydroxyl groups is 1. The third-order valence-electron chi connectivity index (χ3n) is 3.70. The lowest BCUT2D eigenvalue weighted by atomic mass is 9.86. The van der Waals surface area contributed by atoms with E-state index >= 15 is 0 Å². The molecule has 1 aliphatic heterocycles. The summed E-state index contributed by atoms with van der Waals surface area (Å²) in [5.41, 5.74) is 0.0338. The van der Waals surface area contributed by atoms with Crippen LogP contribution in [0, 0.1) is 0 Å². The maximum absolute atomic E-state index is 10.8. The number of rotatable bonds is 5. The van der Waals surface area contributed by atoms with E-state index in [9.17, 15) is 5.11 Å². The van der Waals surface area contributed by atoms with E-state index < -0.39 is 11.7 Å². The summed E-state index contributed by atoms with van der Waals surface area (Å²) >= 11 is 0. The number of ether oxygens (including phenoxy) is 3. The molecule has 1 aliphatic rings. The Morgan fingerprint density at radius 3 is 2.79 bits per heavy atom. The number of aryl methyl sites for hydroxylation is 1. The normalized spacial score (nSPS) is 20.2. The summed E-state index contributed by atoms with van der Waals surface area (Å²) in [6.07, 6.45) is 2.16. The third kappa shape index (κ3) is 2.61. The van der Waals surface area contributed by atoms with Gasteiger partial charge in [-0.15, -0.1) is 0 Å². The second-order valence-corrected chi connectivity index (χ2v) is 4.73. The molecule has 6 nitrogen and oxygen atoms in total. The largest absolute Gasteiger partial charge is 0.493 e. The molecular weight excluding hydrogens is 248 g/mol. The van der Waals surface area contributed by atoms with Gasteiger partial charge in [-0.05, 0) is 6.92 Å². The fourth-order valence-corrected chi connectivity index (χ4v) is 2.65. The summed E-state index contributed by atoms with van der Waals surface area (Å²) in [7, 11) is 3.37. The van der Waals surface area contributed by atoms with E-state index in [1.165, 1.54) is 0 Å². The zero-order valence-corrected chi connectivity index (χ0v) is 11.8. The Kier molecular flexibility index (Phi) is 4.44. The molecule has 0 aromatic carbocycles. The van der Waals surface area contributed by atoms with Crippen molar-refractivity contribution in [3.8, 4) is 5.75 Å². The summed E-state index contributed by atoms with van der Waals surface area (Å²) in [4.78, 5) is 0. The van der Waals surface area contributed by atoms with Crippen LogP contribution < -0.4 is 4.74 Å². The summed E-state index contributed by atoms with van der Waals surface area (Å²) in [6.45, 7) is 3.68. The smallest absolute Gasteiger partial charge is 0.162 e. The van der Waals surface area contributed by atoms with Gasteiger partial charge >= 0.3 is 0 Å². The van der Waals surface area contributed by atoms with Crippen LogP contribution in [0.15, 0.2) is 6.20 Å². The molecule has 0 spiro atoms. The standard InChI is InChI=1S/C13H22N2O4/c1-4-19-13(5-7-18-8-6-13)12(16)11-10(17-3)9-14-15(11)2/h9,12,16H,4-8H2,1-3H3. The summed E-state index contributed by atoms with van der Waals surface area (Å²) in [5.74, 6) is 0.584. The van der Waals surface area contributed by atoms with Gasteiger partial charge in [-0.25, -0.2) is 0 Å². The van der Waals surface area contributed by atoms with Crippen molar-refractivity contribution in [1.29, 1.82) is 0 Å². The average Bonchev–Trinajstić information content (AvgIpc) is 2.80. The first-order chi connectivity index (χ1) is 9.14. The van der Waals surface area contributed by atoms with Crippen molar-refractivity contribution in [2.75, 3.05) is 26.9 Å². The zero-order valence-electron chi connectivity index (χ0n) is 11.8. The van der Waals surface area contributed by atoms with Crippen molar-refractivity contribution in [3.05, 3.63) is 11.9 Å². The Hall–Kier alpha value is -1.11. The molecule has 0 saturated carbocycles. The van der Waals surface area contributed by atoms with E-state index in [0.717, 1.165) is 0 Å². The number of aromatic nitrogens is 2. The van der Waals surface area contributed by atoms with Crippen molar-refractivity contribution in [1.82, 2.24) is 9.78 Å². The molecule has 0 bridgehead atoms. The van der Waals surface area contributed by atoms with E-state index in [-0.39, 0.29) is 0 Å². The highest BCUT2D eigenvalue weighted by Gasteiger charge is 2.43. The Morgan fingerprint density at radius 2 is 2.21 bits per heavy atom. The highest BCUT2D eigenvalue weighted by atomic mass is 16.5. The van der Waals surface area contributed by atoms with Gasteiger partial charge in [0.15, 0.2) is 5.75 Å². The molecule has 108 valence electrons. The maximum atomic E-state index is 10.8. The van der Waals surface area contributed by atoms with Crippen LogP contribution in [0.25, 0.3) is 0 Å². The lowest BCUT2D eigenvalue weighted by Crippen LogP contribution is -2.45. The van der Waals surface area contributed by atoms with E-state index in [4.69, 9.17) is 14.2 Å². The van der Waals surface area contributed by atoms with Crippen LogP contribution in [0.4, 0.5) is 0 Å². The van der Waals surface area contributed by atoms with Crippen LogP contribution in [0.1, 0.15) is 31.6 Å². The molecule has 1 aromatic rings. The van der Waals surface area contributed by atoms with Gasteiger partial charge in [-0.3, -0.25) is 4.68 Å². The highest BCUT2D eigenvalue weighted by Crippen LogP contribution is 2.40. The second-order valence-electron chi connectivity index (χ2n) is 4.73. The first-order valence-corrected chi connectivity index (χ1v) is 6.60. The van der Waals surface area contributed by atoms with Gasteiger partial charge in [-0.1, -0.05) is 0 Å². The summed E-state index contributed by atoms with van der Waals surface area (Å²) < 4.78 is 18.2. The lowest BCUT2D eigenvalue weighted by molar-refractivity contribution is -0.170. The quantitative estimate of drug-likeness (QED) is 0.866. The monoisotopic (exact) mass is 270 g/mol. The van der Waals surface area contributed by atoms with Crippen LogP contribution >= 0.6 is 0 Å². The van der Waals surface area contributed by atoms with E-state index in [2.05, 4.69) is 5.10 Å². The van der Waals surface area contributed by atoms with Crippen molar-refractivity contribution in [2.24, 2.45) is 7.05 Å². The molecule has 19 heavy (non-hydrogen) atoms. The van der Waals surface area contributed by atoms with Crippen LogP contribution in [-0.2, 0) is 16.5 Å². The van der Waals surface area contributed by atoms with Crippen molar-refractivity contribution >= 4 is 0 Å². The van der Waals surface area contributed by atoms with Crippen molar-refractivity contribution < 1.29 is 19.3 Å². The first-order valence-electron chi connectivity index (χ1n) is 6.60. The highest BCUT2D eigenvalue weighted by molar-refractivity contribution is 5.29. The van der Waals surface area contributed by atoms with Gasteiger partial charge in [0, 0.05) is 39.7 Å². The Balaban J connectivity index is 2.32. The topological polar surface area (TPSA) is 65.7 Å². The van der Waals surface area contributed by atoms with Gasteiger partial charge in [-0.2, -0.15) is 5.10 Å². The van der Waals surface area contributed by atoms with Crippen LogP contribution in [0.3, 0.4) is 0 Å². The molecule has 1 saturated heterocycles. The molecule has 1 unspecified atom stereocenters. The Morgan fingerprint density at radius 1 is 1.53 bits per heavy atom. The van der Waals surface area contributed by atoms with E-state index in [1.54, 1.807) is 25.0 Å². The molecule has 2 rings (SSSR count). The third-order valence-corrected chi connectivity index (χ3v) is 3.70. The van der Waals surface area contributed by atoms with E-state index in [0.29, 0.717) is 44.1 Å². The van der Waals surface area contributed by atoms with Crippen molar-refractivity contribution in [2.45, 2.75) is 31.5 Å². The molecule has 1 N–H and O–H groups in total.